The van der Waals surface area contributed by atoms with E-state index in [1.807, 2.05) is 12.1 Å². The van der Waals surface area contributed by atoms with Crippen LogP contribution in [0, 0.1) is 0 Å². The first-order chi connectivity index (χ1) is 7.25. The Morgan fingerprint density at radius 3 is 2.40 bits per heavy atom. The Bertz CT molecular complexity index is 455. The predicted octanol–water partition coefficient (Wildman–Crippen LogP) is 1.38. The average molecular weight is 201 g/mol. The molecule has 5 nitrogen and oxygen atoms in total. The van der Waals surface area contributed by atoms with Crippen molar-refractivity contribution in [3.8, 4) is 0 Å². The molecule has 0 aromatic carbocycles. The molecule has 0 radical (unpaired) electrons. The van der Waals surface area contributed by atoms with E-state index >= 15 is 0 Å². The van der Waals surface area contributed by atoms with Gasteiger partial charge < -0.3 is 16.8 Å². The molecule has 0 unspecified atom stereocenters. The lowest BCUT2D eigenvalue weighted by Crippen LogP contribution is -2.00. The van der Waals surface area contributed by atoms with Gasteiger partial charge in [-0.1, -0.05) is 0 Å². The van der Waals surface area contributed by atoms with Gasteiger partial charge in [-0.15, -0.1) is 0 Å². The number of aromatic nitrogens is 2. The molecule has 0 aliphatic carbocycles. The summed E-state index contributed by atoms with van der Waals surface area (Å²) in [4.78, 5) is 8.00. The fourth-order valence-corrected chi connectivity index (χ4v) is 1.14. The number of nitrogens with two attached hydrogens (primary N) is 2. The van der Waals surface area contributed by atoms with Crippen LogP contribution in [0.1, 0.15) is 0 Å². The standard InChI is InChI=1S/C10H11N5/c11-8-1-2-9(15-10(8)12)14-7-3-5-13-6-4-7/h1-6H,11H2,(H3,12,13,14,15). The van der Waals surface area contributed by atoms with Crippen molar-refractivity contribution in [3.63, 3.8) is 0 Å². The molecule has 2 heterocycles. The lowest BCUT2D eigenvalue weighted by atomic mass is 10.3. The maximum Gasteiger partial charge on any atom is 0.149 e. The first-order valence-electron chi connectivity index (χ1n) is 4.45. The highest BCUT2D eigenvalue weighted by atomic mass is 15.0. The van der Waals surface area contributed by atoms with Gasteiger partial charge in [-0.2, -0.15) is 0 Å². The molecule has 0 atom stereocenters. The molecule has 2 aromatic rings. The van der Waals surface area contributed by atoms with E-state index in [0.717, 1.165) is 5.69 Å². The molecule has 0 aliphatic heterocycles. The maximum absolute atomic E-state index is 5.59. The van der Waals surface area contributed by atoms with Crippen LogP contribution in [0.25, 0.3) is 0 Å². The summed E-state index contributed by atoms with van der Waals surface area (Å²) in [6.07, 6.45) is 3.39. The van der Waals surface area contributed by atoms with Gasteiger partial charge in [0.25, 0.3) is 0 Å². The largest absolute Gasteiger partial charge is 0.396 e. The Balaban J connectivity index is 2.22. The highest BCUT2D eigenvalue weighted by molar-refractivity contribution is 5.64. The van der Waals surface area contributed by atoms with Gasteiger partial charge in [0.1, 0.15) is 11.6 Å². The minimum absolute atomic E-state index is 0.328. The van der Waals surface area contributed by atoms with Crippen molar-refractivity contribution in [1.29, 1.82) is 0 Å². The molecule has 0 saturated heterocycles. The van der Waals surface area contributed by atoms with E-state index in [2.05, 4.69) is 15.3 Å². The van der Waals surface area contributed by atoms with Crippen LogP contribution in [-0.4, -0.2) is 9.97 Å². The summed E-state index contributed by atoms with van der Waals surface area (Å²) in [6, 6.07) is 7.17. The molecular weight excluding hydrogens is 190 g/mol. The Morgan fingerprint density at radius 2 is 1.73 bits per heavy atom. The molecule has 2 rings (SSSR count). The van der Waals surface area contributed by atoms with Crippen LogP contribution in [0.2, 0.25) is 0 Å². The second-order valence-electron chi connectivity index (χ2n) is 3.03. The monoisotopic (exact) mass is 201 g/mol. The fraction of sp³-hybridized carbons (Fsp3) is 0. The van der Waals surface area contributed by atoms with E-state index in [1.165, 1.54) is 0 Å². The third-order valence-electron chi connectivity index (χ3n) is 1.91. The number of rotatable bonds is 2. The summed E-state index contributed by atoms with van der Waals surface area (Å²) in [6.45, 7) is 0. The Morgan fingerprint density at radius 1 is 1.00 bits per heavy atom. The second kappa shape index (κ2) is 3.83. The molecule has 76 valence electrons. The summed E-state index contributed by atoms with van der Waals surface area (Å²) in [5.41, 5.74) is 12.5. The van der Waals surface area contributed by atoms with Crippen molar-refractivity contribution in [1.82, 2.24) is 9.97 Å². The molecule has 0 spiro atoms. The Hall–Kier alpha value is -2.30. The SMILES string of the molecule is Nc1ccc(Nc2ccncc2)nc1N. The molecule has 5 N–H and O–H groups in total. The van der Waals surface area contributed by atoms with Crippen molar-refractivity contribution >= 4 is 23.0 Å². The van der Waals surface area contributed by atoms with E-state index in [0.29, 0.717) is 17.3 Å². The first kappa shape index (κ1) is 9.26. The minimum atomic E-state index is 0.328. The van der Waals surface area contributed by atoms with E-state index in [9.17, 15) is 0 Å². The normalized spacial score (nSPS) is 9.87. The number of pyridine rings is 2. The van der Waals surface area contributed by atoms with Crippen molar-refractivity contribution in [2.45, 2.75) is 0 Å². The van der Waals surface area contributed by atoms with Crippen LogP contribution < -0.4 is 16.8 Å². The quantitative estimate of drug-likeness (QED) is 0.683. The van der Waals surface area contributed by atoms with Crippen LogP contribution in [0.15, 0.2) is 36.7 Å². The summed E-state index contributed by atoms with van der Waals surface area (Å²) in [7, 11) is 0. The number of nitrogen functional groups attached to an aromatic ring is 2. The predicted molar refractivity (Wildman–Crippen MR) is 60.6 cm³/mol. The van der Waals surface area contributed by atoms with Crippen LogP contribution in [0.5, 0.6) is 0 Å². The second-order valence-corrected chi connectivity index (χ2v) is 3.03. The zero-order chi connectivity index (χ0) is 10.7. The van der Waals surface area contributed by atoms with Crippen molar-refractivity contribution in [2.75, 3.05) is 16.8 Å². The van der Waals surface area contributed by atoms with Gasteiger partial charge in [0.15, 0.2) is 0 Å². The molecule has 0 bridgehead atoms. The molecule has 5 heteroatoms. The summed E-state index contributed by atoms with van der Waals surface area (Å²) in [5.74, 6) is 0.988. The smallest absolute Gasteiger partial charge is 0.149 e. The van der Waals surface area contributed by atoms with E-state index in [1.54, 1.807) is 24.5 Å². The zero-order valence-corrected chi connectivity index (χ0v) is 8.01. The summed E-state index contributed by atoms with van der Waals surface area (Å²) < 4.78 is 0. The van der Waals surface area contributed by atoms with Crippen molar-refractivity contribution in [3.05, 3.63) is 36.7 Å². The van der Waals surface area contributed by atoms with Gasteiger partial charge in [-0.05, 0) is 24.3 Å². The molecule has 0 amide bonds. The van der Waals surface area contributed by atoms with Crippen LogP contribution >= 0.6 is 0 Å². The van der Waals surface area contributed by atoms with Crippen molar-refractivity contribution < 1.29 is 0 Å². The van der Waals surface area contributed by atoms with Gasteiger partial charge in [0.2, 0.25) is 0 Å². The molecule has 15 heavy (non-hydrogen) atoms. The first-order valence-corrected chi connectivity index (χ1v) is 4.45. The lowest BCUT2D eigenvalue weighted by Gasteiger charge is -2.06. The van der Waals surface area contributed by atoms with Gasteiger partial charge in [-0.3, -0.25) is 4.98 Å². The van der Waals surface area contributed by atoms with Crippen LogP contribution in [0.3, 0.4) is 0 Å². The number of hydrogen-bond acceptors (Lipinski definition) is 5. The van der Waals surface area contributed by atoms with E-state index in [4.69, 9.17) is 11.5 Å². The summed E-state index contributed by atoms with van der Waals surface area (Å²) in [5, 5.41) is 3.09. The van der Waals surface area contributed by atoms with Gasteiger partial charge in [0, 0.05) is 18.1 Å². The van der Waals surface area contributed by atoms with E-state index in [-0.39, 0.29) is 0 Å². The molecule has 0 fully saturated rings. The van der Waals surface area contributed by atoms with Gasteiger partial charge >= 0.3 is 0 Å². The molecular formula is C10H11N5. The number of nitrogens with zero attached hydrogens (tertiary/aromatic N) is 2. The highest BCUT2D eigenvalue weighted by Crippen LogP contribution is 2.18. The van der Waals surface area contributed by atoms with Crippen molar-refractivity contribution in [2.24, 2.45) is 0 Å². The Kier molecular flexibility index (Phi) is 2.37. The Labute approximate surface area is 87.2 Å². The molecule has 2 aromatic heterocycles. The molecule has 0 aliphatic rings. The topological polar surface area (TPSA) is 89.8 Å². The fourth-order valence-electron chi connectivity index (χ4n) is 1.14. The minimum Gasteiger partial charge on any atom is -0.396 e. The lowest BCUT2D eigenvalue weighted by molar-refractivity contribution is 1.29. The van der Waals surface area contributed by atoms with Crippen LogP contribution in [-0.2, 0) is 0 Å². The van der Waals surface area contributed by atoms with Crippen LogP contribution in [0.4, 0.5) is 23.0 Å². The van der Waals surface area contributed by atoms with Gasteiger partial charge in [0.05, 0.1) is 5.69 Å². The highest BCUT2D eigenvalue weighted by Gasteiger charge is 1.99. The number of nitrogens with one attached hydrogen (secondary N) is 1. The summed E-state index contributed by atoms with van der Waals surface area (Å²) >= 11 is 0. The third-order valence-corrected chi connectivity index (χ3v) is 1.91. The zero-order valence-electron chi connectivity index (χ0n) is 8.01. The average Bonchev–Trinajstić information content (AvgIpc) is 2.25. The number of hydrogen-bond donors (Lipinski definition) is 3. The maximum atomic E-state index is 5.59. The molecule has 0 saturated carbocycles. The van der Waals surface area contributed by atoms with E-state index < -0.39 is 0 Å². The third kappa shape index (κ3) is 2.14. The van der Waals surface area contributed by atoms with Gasteiger partial charge in [-0.25, -0.2) is 4.98 Å². The number of anilines is 4.